The van der Waals surface area contributed by atoms with E-state index >= 15 is 0 Å². The highest BCUT2D eigenvalue weighted by Gasteiger charge is 2.25. The summed E-state index contributed by atoms with van der Waals surface area (Å²) in [5, 5.41) is 9.61. The molecule has 0 radical (unpaired) electrons. The first-order chi connectivity index (χ1) is 13.3. The summed E-state index contributed by atoms with van der Waals surface area (Å²) in [6.45, 7) is 13.9. The molecule has 0 spiro atoms. The fourth-order valence-electron chi connectivity index (χ4n) is 3.12. The molecule has 0 atom stereocenters. The van der Waals surface area contributed by atoms with E-state index in [0.29, 0.717) is 13.0 Å². The Morgan fingerprint density at radius 2 is 1.36 bits per heavy atom. The smallest absolute Gasteiger partial charge is 0.235 e. The predicted octanol–water partition coefficient (Wildman–Crippen LogP) is 3.91. The van der Waals surface area contributed by atoms with E-state index in [1.807, 2.05) is 0 Å². The molecule has 0 aromatic carbocycles. The summed E-state index contributed by atoms with van der Waals surface area (Å²) >= 11 is 0. The molecule has 0 aliphatic carbocycles. The van der Waals surface area contributed by atoms with E-state index in [1.165, 1.54) is 44.3 Å². The molecule has 1 rings (SSSR count). The van der Waals surface area contributed by atoms with Gasteiger partial charge in [0.25, 0.3) is 0 Å². The van der Waals surface area contributed by atoms with Gasteiger partial charge in [0.2, 0.25) is 5.75 Å². The van der Waals surface area contributed by atoms with Crippen LogP contribution in [0.3, 0.4) is 0 Å². The molecule has 8 heteroatoms. The second-order valence-corrected chi connectivity index (χ2v) is 8.91. The van der Waals surface area contributed by atoms with E-state index in [2.05, 4.69) is 66.2 Å². The monoisotopic (exact) mass is 421 g/mol. The molecule has 28 heavy (non-hydrogen) atoms. The Labute approximate surface area is 175 Å². The highest BCUT2D eigenvalue weighted by molar-refractivity contribution is 7.88. The van der Waals surface area contributed by atoms with Gasteiger partial charge in [-0.25, -0.2) is 19.2 Å². The molecular weight excluding hydrogens is 376 g/mol. The van der Waals surface area contributed by atoms with Gasteiger partial charge in [0.1, 0.15) is 6.42 Å². The van der Waals surface area contributed by atoms with Crippen LogP contribution in [0.4, 0.5) is 0 Å². The lowest BCUT2D eigenvalue weighted by molar-refractivity contribution is -0.293. The maximum absolute atomic E-state index is 10.4. The Hall–Kier alpha value is -0.380. The molecule has 0 amide bonds. The van der Waals surface area contributed by atoms with Gasteiger partial charge in [-0.3, -0.25) is 0 Å². The summed E-state index contributed by atoms with van der Waals surface area (Å²) in [5.41, 5.74) is 0. The number of hydrogen-bond acceptors (Lipinski definition) is 7. The van der Waals surface area contributed by atoms with Crippen molar-refractivity contribution in [2.45, 2.75) is 79.1 Å². The van der Waals surface area contributed by atoms with Crippen molar-refractivity contribution in [3.63, 3.8) is 0 Å². The van der Waals surface area contributed by atoms with Crippen LogP contribution in [0.1, 0.15) is 79.1 Å². The summed E-state index contributed by atoms with van der Waals surface area (Å²) in [7, 11) is 1.10. The molecule has 1 saturated heterocycles. The van der Waals surface area contributed by atoms with Gasteiger partial charge in [0, 0.05) is 46.7 Å². The number of unbranched alkanes of at least 4 members (excludes halogenated alkanes) is 2. The van der Waals surface area contributed by atoms with Crippen molar-refractivity contribution >= 4 is 10.1 Å². The van der Waals surface area contributed by atoms with Gasteiger partial charge in [-0.05, 0) is 25.7 Å². The van der Waals surface area contributed by atoms with E-state index in [1.54, 1.807) is 0 Å². The SMILES string of the molecule is CCCCCN(CCC)N(N(C)C)N(CCC)CCC.O=S1(=O)[CH+]CCCO1. The third-order valence-electron chi connectivity index (χ3n) is 4.25. The summed E-state index contributed by atoms with van der Waals surface area (Å²) < 4.78 is 25.1. The van der Waals surface area contributed by atoms with Crippen molar-refractivity contribution in [3.05, 3.63) is 5.75 Å². The van der Waals surface area contributed by atoms with Crippen LogP contribution in [0, 0.1) is 5.75 Å². The van der Waals surface area contributed by atoms with Crippen LogP contribution in [0.2, 0.25) is 0 Å². The fourth-order valence-corrected chi connectivity index (χ4v) is 4.02. The zero-order chi connectivity index (χ0) is 21.4. The molecule has 1 heterocycles. The van der Waals surface area contributed by atoms with Crippen molar-refractivity contribution in [1.82, 2.24) is 20.3 Å². The summed E-state index contributed by atoms with van der Waals surface area (Å²) in [6.07, 6.45) is 8.92. The van der Waals surface area contributed by atoms with Crippen LogP contribution in [0.15, 0.2) is 0 Å². The van der Waals surface area contributed by atoms with Gasteiger partial charge in [-0.15, -0.1) is 5.23 Å². The van der Waals surface area contributed by atoms with Crippen molar-refractivity contribution < 1.29 is 12.6 Å². The van der Waals surface area contributed by atoms with Gasteiger partial charge < -0.3 is 0 Å². The third-order valence-corrected chi connectivity index (χ3v) is 5.39. The molecule has 0 aromatic rings. The zero-order valence-corrected chi connectivity index (χ0v) is 20.0. The van der Waals surface area contributed by atoms with E-state index in [4.69, 9.17) is 0 Å². The van der Waals surface area contributed by atoms with Gasteiger partial charge in [0.05, 0.1) is 6.61 Å². The topological polar surface area (TPSA) is 56.3 Å². The molecule has 7 nitrogen and oxygen atoms in total. The van der Waals surface area contributed by atoms with E-state index in [0.717, 1.165) is 32.6 Å². The number of hydrazine groups is 3. The first-order valence-corrected chi connectivity index (χ1v) is 12.5. The number of rotatable bonds is 13. The van der Waals surface area contributed by atoms with Gasteiger partial charge >= 0.3 is 10.1 Å². The number of nitrogens with zero attached hydrogens (tertiary/aromatic N) is 4. The van der Waals surface area contributed by atoms with Crippen molar-refractivity contribution in [1.29, 1.82) is 0 Å². The van der Waals surface area contributed by atoms with Gasteiger partial charge in [0.15, 0.2) is 0 Å². The largest absolute Gasteiger partial charge is 0.424 e. The first-order valence-electron chi connectivity index (χ1n) is 11.0. The molecule has 168 valence electrons. The predicted molar refractivity (Wildman–Crippen MR) is 117 cm³/mol. The normalized spacial score (nSPS) is 16.4. The van der Waals surface area contributed by atoms with Gasteiger partial charge in [-0.2, -0.15) is 8.42 Å². The van der Waals surface area contributed by atoms with Crippen LogP contribution in [-0.2, 0) is 14.3 Å². The van der Waals surface area contributed by atoms with Crippen LogP contribution in [-0.4, -0.2) is 75.6 Å². The van der Waals surface area contributed by atoms with E-state index in [9.17, 15) is 8.42 Å². The Bertz CT molecular complexity index is 442. The minimum Gasteiger partial charge on any atom is -0.235 e. The zero-order valence-electron chi connectivity index (χ0n) is 19.2. The Morgan fingerprint density at radius 3 is 1.68 bits per heavy atom. The third kappa shape index (κ3) is 12.2. The minimum atomic E-state index is -3.21. The van der Waals surface area contributed by atoms with Gasteiger partial charge in [-0.1, -0.05) is 40.5 Å². The Morgan fingerprint density at radius 1 is 0.821 bits per heavy atom. The van der Waals surface area contributed by atoms with Crippen LogP contribution < -0.4 is 0 Å². The average Bonchev–Trinajstić information content (AvgIpc) is 2.62. The summed E-state index contributed by atoms with van der Waals surface area (Å²) in [5.74, 6) is 1.20. The molecule has 1 aliphatic heterocycles. The lowest BCUT2D eigenvalue weighted by Crippen LogP contribution is -2.60. The minimum absolute atomic E-state index is 0.346. The summed E-state index contributed by atoms with van der Waals surface area (Å²) in [6, 6.07) is 0. The lowest BCUT2D eigenvalue weighted by Gasteiger charge is -2.45. The number of hydrogen-bond donors (Lipinski definition) is 0. The van der Waals surface area contributed by atoms with Crippen LogP contribution in [0.5, 0.6) is 0 Å². The molecule has 0 unspecified atom stereocenters. The maximum Gasteiger partial charge on any atom is 0.424 e. The molecule has 1 fully saturated rings. The molecular formula is C20H45N4O3S+. The highest BCUT2D eigenvalue weighted by Crippen LogP contribution is 2.12. The molecule has 0 aromatic heterocycles. The van der Waals surface area contributed by atoms with Crippen molar-refractivity contribution in [2.24, 2.45) is 0 Å². The quantitative estimate of drug-likeness (QED) is 0.193. The summed E-state index contributed by atoms with van der Waals surface area (Å²) in [4.78, 5) is 0. The lowest BCUT2D eigenvalue weighted by atomic mass is 10.2. The molecule has 0 N–H and O–H groups in total. The maximum atomic E-state index is 10.4. The fraction of sp³-hybridized carbons (Fsp3) is 0.950. The van der Waals surface area contributed by atoms with Crippen molar-refractivity contribution in [3.8, 4) is 0 Å². The Kier molecular flexibility index (Phi) is 16.2. The molecule has 1 aliphatic rings. The first kappa shape index (κ1) is 27.6. The molecule has 0 saturated carbocycles. The van der Waals surface area contributed by atoms with Crippen molar-refractivity contribution in [2.75, 3.05) is 46.9 Å². The second kappa shape index (κ2) is 16.4. The highest BCUT2D eigenvalue weighted by atomic mass is 32.2. The molecule has 0 bridgehead atoms. The standard InChI is InChI=1S/C16H38N4.C4H7O3S/c1-7-11-12-16-19(15-10-4)20(17(5)6)18(13-8-2)14-9-3;5-8(6)4-2-1-3-7-8/h7-16H2,1-6H3;4H,1-3H2/q;+1. The Balaban J connectivity index is 0.000000749. The van der Waals surface area contributed by atoms with Crippen LogP contribution >= 0.6 is 0 Å². The average molecular weight is 422 g/mol. The van der Waals surface area contributed by atoms with Crippen LogP contribution in [0.25, 0.3) is 0 Å². The second-order valence-electron chi connectivity index (χ2n) is 7.35. The van der Waals surface area contributed by atoms with E-state index < -0.39 is 10.1 Å². The van der Waals surface area contributed by atoms with E-state index in [-0.39, 0.29) is 0 Å².